The fraction of sp³-hybridized carbons (Fsp3) is 0.320. The van der Waals surface area contributed by atoms with Gasteiger partial charge in [0.05, 0.1) is 30.4 Å². The summed E-state index contributed by atoms with van der Waals surface area (Å²) < 4.78 is 39.4. The minimum atomic E-state index is -3.95. The molecule has 2 aromatic carbocycles. The molecular formula is C25H27ClN2O5S. The molecule has 180 valence electrons. The maximum atomic E-state index is 13.5. The van der Waals surface area contributed by atoms with Crippen molar-refractivity contribution < 1.29 is 22.4 Å². The quantitative estimate of drug-likeness (QED) is 0.412. The molecule has 0 aliphatic carbocycles. The van der Waals surface area contributed by atoms with Gasteiger partial charge in [-0.3, -0.25) is 4.79 Å². The Hall–Kier alpha value is -2.65. The third kappa shape index (κ3) is 6.27. The van der Waals surface area contributed by atoms with Crippen LogP contribution in [0.5, 0.6) is 0 Å². The van der Waals surface area contributed by atoms with Crippen LogP contribution in [0.15, 0.2) is 82.3 Å². The largest absolute Gasteiger partial charge is 0.467 e. The Morgan fingerprint density at radius 2 is 1.76 bits per heavy atom. The zero-order valence-corrected chi connectivity index (χ0v) is 20.2. The third-order valence-corrected chi connectivity index (χ3v) is 7.77. The summed E-state index contributed by atoms with van der Waals surface area (Å²) in [5, 5.41) is 0.438. The Morgan fingerprint density at radius 1 is 1.00 bits per heavy atom. The van der Waals surface area contributed by atoms with E-state index in [2.05, 4.69) is 0 Å². The number of halogens is 1. The second-order valence-electron chi connectivity index (χ2n) is 8.20. The van der Waals surface area contributed by atoms with Crippen LogP contribution in [0.2, 0.25) is 5.02 Å². The van der Waals surface area contributed by atoms with E-state index in [1.807, 2.05) is 30.3 Å². The molecule has 1 aliphatic rings. The highest BCUT2D eigenvalue weighted by atomic mass is 35.5. The minimum absolute atomic E-state index is 0.0864. The standard InChI is InChI=1S/C25H27ClN2O5S/c26-21-10-12-24(13-11-21)34(30,31)28(18-23-9-5-15-33-23)19-25(29)27(17-22-8-4-14-32-22)16-20-6-2-1-3-7-20/h1-4,6-8,10-14,23H,5,9,15-19H2. The summed E-state index contributed by atoms with van der Waals surface area (Å²) in [6.45, 7) is 0.950. The Balaban J connectivity index is 1.59. The SMILES string of the molecule is O=C(CN(CC1CCCO1)S(=O)(=O)c1ccc(Cl)cc1)N(Cc1ccccc1)Cc1ccco1. The summed E-state index contributed by atoms with van der Waals surface area (Å²) in [5.74, 6) is 0.298. The van der Waals surface area contributed by atoms with Crippen molar-refractivity contribution in [2.24, 2.45) is 0 Å². The summed E-state index contributed by atoms with van der Waals surface area (Å²) in [6.07, 6.45) is 2.92. The Kier molecular flexibility index (Phi) is 8.05. The highest BCUT2D eigenvalue weighted by molar-refractivity contribution is 7.89. The average Bonchev–Trinajstić information content (AvgIpc) is 3.53. The number of benzene rings is 2. The topological polar surface area (TPSA) is 80.1 Å². The molecule has 1 aliphatic heterocycles. The Labute approximate surface area is 204 Å². The van der Waals surface area contributed by atoms with Gasteiger partial charge in [-0.2, -0.15) is 4.31 Å². The molecule has 1 unspecified atom stereocenters. The number of furan rings is 1. The molecule has 1 saturated heterocycles. The van der Waals surface area contributed by atoms with Crippen molar-refractivity contribution in [1.82, 2.24) is 9.21 Å². The van der Waals surface area contributed by atoms with Gasteiger partial charge < -0.3 is 14.1 Å². The van der Waals surface area contributed by atoms with Crippen molar-refractivity contribution in [2.75, 3.05) is 19.7 Å². The molecule has 0 saturated carbocycles. The molecule has 1 aromatic heterocycles. The zero-order valence-electron chi connectivity index (χ0n) is 18.7. The summed E-state index contributed by atoms with van der Waals surface area (Å²) in [5.41, 5.74) is 0.939. The van der Waals surface area contributed by atoms with E-state index in [1.165, 1.54) is 28.6 Å². The lowest BCUT2D eigenvalue weighted by Gasteiger charge is -2.28. The first-order valence-electron chi connectivity index (χ1n) is 11.1. The first kappa shape index (κ1) is 24.5. The van der Waals surface area contributed by atoms with Crippen molar-refractivity contribution in [3.63, 3.8) is 0 Å². The Morgan fingerprint density at radius 3 is 2.41 bits per heavy atom. The molecule has 0 spiro atoms. The summed E-state index contributed by atoms with van der Waals surface area (Å²) >= 11 is 5.95. The molecule has 3 aromatic rings. The van der Waals surface area contributed by atoms with Crippen LogP contribution < -0.4 is 0 Å². The number of nitrogens with zero attached hydrogens (tertiary/aromatic N) is 2. The van der Waals surface area contributed by atoms with E-state index in [-0.39, 0.29) is 36.5 Å². The number of carbonyl (C=O) groups is 1. The molecule has 0 radical (unpaired) electrons. The van der Waals surface area contributed by atoms with E-state index in [1.54, 1.807) is 23.3 Å². The van der Waals surface area contributed by atoms with Gasteiger partial charge in [0.25, 0.3) is 0 Å². The lowest BCUT2D eigenvalue weighted by molar-refractivity contribution is -0.133. The summed E-state index contributed by atoms with van der Waals surface area (Å²) in [6, 6.07) is 19.1. The van der Waals surface area contributed by atoms with Crippen molar-refractivity contribution in [3.8, 4) is 0 Å². The van der Waals surface area contributed by atoms with Gasteiger partial charge in [-0.25, -0.2) is 8.42 Å². The second kappa shape index (κ2) is 11.2. The number of ether oxygens (including phenoxy) is 1. The van der Waals surface area contributed by atoms with Crippen LogP contribution >= 0.6 is 11.6 Å². The highest BCUT2D eigenvalue weighted by Gasteiger charge is 2.32. The van der Waals surface area contributed by atoms with Gasteiger partial charge in [0.15, 0.2) is 0 Å². The first-order chi connectivity index (χ1) is 16.4. The monoisotopic (exact) mass is 502 g/mol. The van der Waals surface area contributed by atoms with Gasteiger partial charge in [-0.1, -0.05) is 41.9 Å². The smallest absolute Gasteiger partial charge is 0.243 e. The van der Waals surface area contributed by atoms with E-state index in [9.17, 15) is 13.2 Å². The molecule has 34 heavy (non-hydrogen) atoms. The van der Waals surface area contributed by atoms with Crippen molar-refractivity contribution in [2.45, 2.75) is 36.9 Å². The number of carbonyl (C=O) groups excluding carboxylic acids is 1. The summed E-state index contributed by atoms with van der Waals surface area (Å²) in [7, 11) is -3.95. The van der Waals surface area contributed by atoms with Crippen molar-refractivity contribution in [3.05, 3.63) is 89.3 Å². The lowest BCUT2D eigenvalue weighted by Crippen LogP contribution is -2.45. The first-order valence-corrected chi connectivity index (χ1v) is 12.9. The highest BCUT2D eigenvalue weighted by Crippen LogP contribution is 2.22. The minimum Gasteiger partial charge on any atom is -0.467 e. The molecule has 4 rings (SSSR count). The predicted molar refractivity (Wildman–Crippen MR) is 129 cm³/mol. The van der Waals surface area contributed by atoms with Gasteiger partial charge in [0, 0.05) is 24.7 Å². The van der Waals surface area contributed by atoms with Crippen LogP contribution in [0.3, 0.4) is 0 Å². The van der Waals surface area contributed by atoms with Crippen LogP contribution in [0, 0.1) is 0 Å². The molecule has 7 nitrogen and oxygen atoms in total. The number of amides is 1. The maximum Gasteiger partial charge on any atom is 0.243 e. The predicted octanol–water partition coefficient (Wildman–Crippen LogP) is 4.33. The normalized spacial score (nSPS) is 16.1. The number of rotatable bonds is 10. The second-order valence-corrected chi connectivity index (χ2v) is 10.6. The van der Waals surface area contributed by atoms with E-state index in [0.29, 0.717) is 23.9 Å². The molecule has 1 amide bonds. The van der Waals surface area contributed by atoms with Crippen LogP contribution in [0.1, 0.15) is 24.2 Å². The number of hydrogen-bond donors (Lipinski definition) is 0. The fourth-order valence-electron chi connectivity index (χ4n) is 3.90. The van der Waals surface area contributed by atoms with Crippen LogP contribution in [-0.4, -0.2) is 49.3 Å². The van der Waals surface area contributed by atoms with E-state index >= 15 is 0 Å². The van der Waals surface area contributed by atoms with E-state index in [4.69, 9.17) is 20.8 Å². The van der Waals surface area contributed by atoms with E-state index in [0.717, 1.165) is 18.4 Å². The van der Waals surface area contributed by atoms with Gasteiger partial charge in [-0.15, -0.1) is 0 Å². The van der Waals surface area contributed by atoms with Crippen LogP contribution in [-0.2, 0) is 32.6 Å². The summed E-state index contributed by atoms with van der Waals surface area (Å²) in [4.78, 5) is 15.2. The van der Waals surface area contributed by atoms with Crippen LogP contribution in [0.4, 0.5) is 0 Å². The lowest BCUT2D eigenvalue weighted by atomic mass is 10.2. The molecule has 1 atom stereocenters. The van der Waals surface area contributed by atoms with E-state index < -0.39 is 10.0 Å². The van der Waals surface area contributed by atoms with Crippen molar-refractivity contribution >= 4 is 27.5 Å². The van der Waals surface area contributed by atoms with Gasteiger partial charge in [0.2, 0.25) is 15.9 Å². The maximum absolute atomic E-state index is 13.5. The molecule has 0 N–H and O–H groups in total. The molecular weight excluding hydrogens is 476 g/mol. The molecule has 1 fully saturated rings. The van der Waals surface area contributed by atoms with Crippen molar-refractivity contribution in [1.29, 1.82) is 0 Å². The number of hydrogen-bond acceptors (Lipinski definition) is 5. The van der Waals surface area contributed by atoms with Crippen LogP contribution in [0.25, 0.3) is 0 Å². The molecule has 0 bridgehead atoms. The molecule has 9 heteroatoms. The number of sulfonamides is 1. The Bertz CT molecular complexity index is 1160. The average molecular weight is 503 g/mol. The third-order valence-electron chi connectivity index (χ3n) is 5.69. The van der Waals surface area contributed by atoms with Gasteiger partial charge in [-0.05, 0) is 54.8 Å². The van der Waals surface area contributed by atoms with Gasteiger partial charge in [0.1, 0.15) is 5.76 Å². The zero-order chi connectivity index (χ0) is 24.0. The van der Waals surface area contributed by atoms with Gasteiger partial charge >= 0.3 is 0 Å². The molecule has 2 heterocycles. The fourth-order valence-corrected chi connectivity index (χ4v) is 5.44.